The molecule has 0 saturated heterocycles. The first-order valence-corrected chi connectivity index (χ1v) is 21.6. The van der Waals surface area contributed by atoms with Crippen LogP contribution < -0.4 is 14.2 Å². The molecule has 0 bridgehead atoms. The Bertz CT molecular complexity index is 2230. The summed E-state index contributed by atoms with van der Waals surface area (Å²) in [4.78, 5) is 4.32. The molecule has 0 aliphatic carbocycles. The van der Waals surface area contributed by atoms with Gasteiger partial charge in [-0.3, -0.25) is 4.55 Å². The van der Waals surface area contributed by atoms with E-state index in [4.69, 9.17) is 9.15 Å². The van der Waals surface area contributed by atoms with Crippen LogP contribution in [0.25, 0.3) is 39.4 Å². The van der Waals surface area contributed by atoms with Crippen LogP contribution in [0.4, 0.5) is 5.69 Å². The first kappa shape index (κ1) is 40.7. The Balaban J connectivity index is 0.000000730. The number of oxazole rings is 1. The topological polar surface area (TPSA) is 144 Å². The molecule has 1 aliphatic rings. The Kier molecular flexibility index (Phi) is 14.1. The van der Waals surface area contributed by atoms with E-state index in [9.17, 15) is 25.9 Å². The van der Waals surface area contributed by atoms with Gasteiger partial charge in [-0.1, -0.05) is 93.6 Å². The zero-order valence-electron chi connectivity index (χ0n) is 31.1. The van der Waals surface area contributed by atoms with E-state index < -0.39 is 26.0 Å². The van der Waals surface area contributed by atoms with E-state index in [1.54, 1.807) is 6.08 Å². The monoisotopic (exact) mass is 775 g/mol. The summed E-state index contributed by atoms with van der Waals surface area (Å²) in [5.41, 5.74) is 6.25. The first-order chi connectivity index (χ1) is 25.9. The third-order valence-corrected chi connectivity index (χ3v) is 10.9. The van der Waals surface area contributed by atoms with Crippen molar-refractivity contribution in [2.75, 3.05) is 42.6 Å². The lowest BCUT2D eigenvalue weighted by atomic mass is 10.0. The van der Waals surface area contributed by atoms with Crippen LogP contribution in [-0.2, 0) is 26.8 Å². The number of rotatable bonds is 16. The highest BCUT2D eigenvalue weighted by molar-refractivity contribution is 7.85. The van der Waals surface area contributed by atoms with Crippen LogP contribution in [0.1, 0.15) is 52.3 Å². The van der Waals surface area contributed by atoms with Gasteiger partial charge >= 0.3 is 5.89 Å². The lowest BCUT2D eigenvalue weighted by Gasteiger charge is -2.18. The normalized spacial score (nSPS) is 13.6. The summed E-state index contributed by atoms with van der Waals surface area (Å²) in [5.74, 6) is 0.757. The highest BCUT2D eigenvalue weighted by Crippen LogP contribution is 2.42. The molecule has 1 aliphatic heterocycles. The van der Waals surface area contributed by atoms with Crippen molar-refractivity contribution in [3.63, 3.8) is 0 Å². The summed E-state index contributed by atoms with van der Waals surface area (Å²) in [6.45, 7) is 10.9. The van der Waals surface area contributed by atoms with E-state index in [0.29, 0.717) is 49.0 Å². The molecule has 0 amide bonds. The van der Waals surface area contributed by atoms with Crippen LogP contribution in [0.5, 0.6) is 5.75 Å². The van der Waals surface area contributed by atoms with E-state index in [-0.39, 0.29) is 18.6 Å². The third-order valence-electron chi connectivity index (χ3n) is 9.32. The Morgan fingerprint density at radius 1 is 0.741 bits per heavy atom. The van der Waals surface area contributed by atoms with Crippen LogP contribution in [0.2, 0.25) is 0 Å². The summed E-state index contributed by atoms with van der Waals surface area (Å²) in [6.07, 6.45) is 3.11. The van der Waals surface area contributed by atoms with Crippen LogP contribution >= 0.6 is 0 Å². The molecule has 54 heavy (non-hydrogen) atoms. The van der Waals surface area contributed by atoms with E-state index >= 15 is 0 Å². The molecule has 0 atom stereocenters. The quantitative estimate of drug-likeness (QED) is 0.0605. The number of aryl methyl sites for hydroxylation is 1. The van der Waals surface area contributed by atoms with Gasteiger partial charge in [0.25, 0.3) is 15.6 Å². The first-order valence-electron chi connectivity index (χ1n) is 18.4. The average molecular weight is 776 g/mol. The molecule has 0 unspecified atom stereocenters. The maximum absolute atomic E-state index is 11.4. The number of ether oxygens (including phenoxy) is 1. The van der Waals surface area contributed by atoms with E-state index in [2.05, 4.69) is 25.7 Å². The van der Waals surface area contributed by atoms with Gasteiger partial charge in [0.2, 0.25) is 11.5 Å². The molecule has 2 heterocycles. The Morgan fingerprint density at radius 3 is 1.91 bits per heavy atom. The van der Waals surface area contributed by atoms with E-state index in [1.165, 1.54) is 19.6 Å². The molecule has 6 rings (SSSR count). The fourth-order valence-corrected chi connectivity index (χ4v) is 7.50. The van der Waals surface area contributed by atoms with Crippen molar-refractivity contribution < 1.29 is 39.7 Å². The third kappa shape index (κ3) is 11.2. The fraction of sp³-hybridized carbons (Fsp3) is 0.341. The standard InChI is InChI=1S/C35H34N2O8S2.C6H15N/c38-46(39,40)21-9-7-19-36-30-23-28(26-11-3-1-4-12-26)15-17-32(30)44-34(36)25-35-37(20-8-10-22-47(41,42)43)31-24-29(16-18-33(31)45-35)27-13-5-2-6-14-27;1-4-7(5-2)6-3/h1-6,11-18,23-25H,7-10,19-22H2,(H-,38,39,40,41,42,43);4-6H2,1-3H3. The number of unbranched alkanes of at least 4 members (excludes halogenated alkanes) is 2. The summed E-state index contributed by atoms with van der Waals surface area (Å²) < 4.78 is 80.5. The van der Waals surface area contributed by atoms with Gasteiger partial charge in [0.05, 0.1) is 21.6 Å². The zero-order valence-corrected chi connectivity index (χ0v) is 32.7. The number of anilines is 1. The highest BCUT2D eigenvalue weighted by atomic mass is 32.2. The van der Waals surface area contributed by atoms with Crippen LogP contribution in [0.3, 0.4) is 0 Å². The predicted octanol–water partition coefficient (Wildman–Crippen LogP) is 7.59. The molecule has 4 aromatic carbocycles. The van der Waals surface area contributed by atoms with Crippen molar-refractivity contribution >= 4 is 43.1 Å². The lowest BCUT2D eigenvalue weighted by molar-refractivity contribution is -0.678. The van der Waals surface area contributed by atoms with E-state index in [0.717, 1.165) is 33.5 Å². The van der Waals surface area contributed by atoms with Gasteiger partial charge in [0.15, 0.2) is 12.3 Å². The second-order valence-electron chi connectivity index (χ2n) is 13.0. The van der Waals surface area contributed by atoms with Crippen LogP contribution in [0, 0.1) is 0 Å². The van der Waals surface area contributed by atoms with Crippen molar-refractivity contribution in [1.82, 2.24) is 4.90 Å². The van der Waals surface area contributed by atoms with Gasteiger partial charge in [-0.25, -0.2) is 8.42 Å². The Hall–Kier alpha value is -4.53. The van der Waals surface area contributed by atoms with Gasteiger partial charge in [-0.05, 0) is 79.3 Å². The molecule has 1 N–H and O–H groups in total. The van der Waals surface area contributed by atoms with Gasteiger partial charge in [0, 0.05) is 24.8 Å². The summed E-state index contributed by atoms with van der Waals surface area (Å²) in [7, 11) is -8.43. The molecule has 5 aromatic rings. The number of fused-ring (bicyclic) bond motifs is 2. The van der Waals surface area contributed by atoms with Crippen molar-refractivity contribution in [2.45, 2.75) is 53.0 Å². The Morgan fingerprint density at radius 2 is 1.33 bits per heavy atom. The molecule has 288 valence electrons. The second kappa shape index (κ2) is 18.7. The SMILES string of the molecule is CCN(CC)CC.O=S(=O)([O-])CCCCN1C(=Cc2oc3ccc(-c4ccccc4)cc3[n+]2CCCCS(=O)(=O)O)Oc2ccc(-c3ccccc3)cc21. The average Bonchev–Trinajstić information content (AvgIpc) is 3.68. The molecule has 0 saturated carbocycles. The number of hydrogen-bond donors (Lipinski definition) is 1. The molecular formula is C41H49N3O8S2. The molecular weight excluding hydrogens is 727 g/mol. The molecule has 1 aromatic heterocycles. The Labute approximate surface area is 319 Å². The molecule has 0 fully saturated rings. The zero-order chi connectivity index (χ0) is 38.7. The molecule has 0 spiro atoms. The predicted molar refractivity (Wildman–Crippen MR) is 213 cm³/mol. The maximum atomic E-state index is 11.4. The number of aromatic nitrogens is 1. The minimum absolute atomic E-state index is 0.198. The fourth-order valence-electron chi connectivity index (χ4n) is 6.38. The highest BCUT2D eigenvalue weighted by Gasteiger charge is 2.30. The van der Waals surface area contributed by atoms with Gasteiger partial charge in [0.1, 0.15) is 6.08 Å². The van der Waals surface area contributed by atoms with Crippen molar-refractivity contribution in [2.24, 2.45) is 0 Å². The summed E-state index contributed by atoms with van der Waals surface area (Å²) in [5, 5.41) is 0. The minimum atomic E-state index is -4.34. The van der Waals surface area contributed by atoms with Gasteiger partial charge in [-0.15, -0.1) is 0 Å². The molecule has 13 heteroatoms. The maximum Gasteiger partial charge on any atom is 0.379 e. The molecule has 0 radical (unpaired) electrons. The lowest BCUT2D eigenvalue weighted by Crippen LogP contribution is -2.36. The van der Waals surface area contributed by atoms with Crippen LogP contribution in [0.15, 0.2) is 107 Å². The largest absolute Gasteiger partial charge is 0.748 e. The van der Waals surface area contributed by atoms with Crippen molar-refractivity contribution in [1.29, 1.82) is 0 Å². The van der Waals surface area contributed by atoms with Crippen molar-refractivity contribution in [3.8, 4) is 28.0 Å². The van der Waals surface area contributed by atoms with Gasteiger partial charge in [-0.2, -0.15) is 13.0 Å². The minimum Gasteiger partial charge on any atom is -0.748 e. The van der Waals surface area contributed by atoms with Crippen LogP contribution in [-0.4, -0.2) is 68.5 Å². The molecule has 11 nitrogen and oxygen atoms in total. The smallest absolute Gasteiger partial charge is 0.379 e. The van der Waals surface area contributed by atoms with E-state index in [1.807, 2.05) is 107 Å². The summed E-state index contributed by atoms with van der Waals surface area (Å²) >= 11 is 0. The second-order valence-corrected chi connectivity index (χ2v) is 16.1. The number of benzene rings is 4. The van der Waals surface area contributed by atoms with Crippen molar-refractivity contribution in [3.05, 3.63) is 109 Å². The van der Waals surface area contributed by atoms with Gasteiger partial charge < -0.3 is 23.5 Å². The number of nitrogens with zero attached hydrogens (tertiary/aromatic N) is 3. The number of hydrogen-bond acceptors (Lipinski definition) is 9. The summed E-state index contributed by atoms with van der Waals surface area (Å²) in [6, 6.07) is 31.6.